The zero-order valence-electron chi connectivity index (χ0n) is 11.9. The second kappa shape index (κ2) is 5.90. The zero-order valence-corrected chi connectivity index (χ0v) is 11.9. The van der Waals surface area contributed by atoms with E-state index >= 15 is 0 Å². The van der Waals surface area contributed by atoms with Crippen LogP contribution in [0.25, 0.3) is 0 Å². The smallest absolute Gasteiger partial charge is 0.311 e. The Labute approximate surface area is 121 Å². The number of nitrogens with zero attached hydrogens (tertiary/aromatic N) is 2. The maximum atomic E-state index is 12.1. The lowest BCUT2D eigenvalue weighted by molar-refractivity contribution is -0.384. The molecule has 1 saturated heterocycles. The molecule has 1 aliphatic rings. The van der Waals surface area contributed by atoms with Gasteiger partial charge in [0.2, 0.25) is 5.91 Å². The monoisotopic (exact) mass is 292 g/mol. The molecule has 1 aromatic carbocycles. The molecule has 0 spiro atoms. The Morgan fingerprint density at radius 1 is 1.52 bits per heavy atom. The van der Waals surface area contributed by atoms with Crippen LogP contribution in [0, 0.1) is 23.0 Å². The standard InChI is InChI=1S/C14H16N2O5/c1-3-21-14(18)10-6-13(17)15(8-10)12-7-11(16(19)20)5-4-9(12)2/h4-5,7,10H,3,6,8H2,1-2H3/t10-/m0/s1. The third kappa shape index (κ3) is 3.01. The van der Waals surface area contributed by atoms with Gasteiger partial charge in [-0.2, -0.15) is 0 Å². The number of carbonyl (C=O) groups is 2. The number of amides is 1. The number of anilines is 1. The Morgan fingerprint density at radius 2 is 2.24 bits per heavy atom. The van der Waals surface area contributed by atoms with Gasteiger partial charge in [-0.15, -0.1) is 0 Å². The van der Waals surface area contributed by atoms with Crippen LogP contribution in [0.3, 0.4) is 0 Å². The van der Waals surface area contributed by atoms with Crippen molar-refractivity contribution in [3.8, 4) is 0 Å². The first kappa shape index (κ1) is 15.0. The highest BCUT2D eigenvalue weighted by atomic mass is 16.6. The highest BCUT2D eigenvalue weighted by Crippen LogP contribution is 2.31. The molecule has 1 heterocycles. The lowest BCUT2D eigenvalue weighted by Gasteiger charge is -2.18. The topological polar surface area (TPSA) is 89.8 Å². The molecular formula is C14H16N2O5. The van der Waals surface area contributed by atoms with Crippen molar-refractivity contribution >= 4 is 23.3 Å². The Balaban J connectivity index is 2.26. The molecule has 0 aliphatic carbocycles. The quantitative estimate of drug-likeness (QED) is 0.479. The summed E-state index contributed by atoms with van der Waals surface area (Å²) in [6.07, 6.45) is 0.0704. The molecule has 1 aliphatic heterocycles. The summed E-state index contributed by atoms with van der Waals surface area (Å²) in [7, 11) is 0. The van der Waals surface area contributed by atoms with E-state index in [-0.39, 0.29) is 31.2 Å². The van der Waals surface area contributed by atoms with Crippen LogP contribution in [0.1, 0.15) is 18.9 Å². The molecule has 1 aromatic rings. The number of aryl methyl sites for hydroxylation is 1. The number of ether oxygens (including phenoxy) is 1. The van der Waals surface area contributed by atoms with E-state index in [4.69, 9.17) is 4.74 Å². The molecule has 21 heavy (non-hydrogen) atoms. The van der Waals surface area contributed by atoms with Gasteiger partial charge in [0.15, 0.2) is 0 Å². The largest absolute Gasteiger partial charge is 0.466 e. The molecule has 0 N–H and O–H groups in total. The summed E-state index contributed by atoms with van der Waals surface area (Å²) in [6, 6.07) is 4.35. The van der Waals surface area contributed by atoms with Gasteiger partial charge in [0.05, 0.1) is 23.1 Å². The second-order valence-corrected chi connectivity index (χ2v) is 4.89. The molecule has 7 heteroatoms. The summed E-state index contributed by atoms with van der Waals surface area (Å²) in [5, 5.41) is 10.8. The fraction of sp³-hybridized carbons (Fsp3) is 0.429. The number of hydrogen-bond acceptors (Lipinski definition) is 5. The average Bonchev–Trinajstić information content (AvgIpc) is 2.81. The van der Waals surface area contributed by atoms with Crippen LogP contribution < -0.4 is 4.90 Å². The molecule has 1 fully saturated rings. The number of rotatable bonds is 4. The van der Waals surface area contributed by atoms with Crippen molar-refractivity contribution in [2.24, 2.45) is 5.92 Å². The minimum absolute atomic E-state index is 0.0704. The van der Waals surface area contributed by atoms with Crippen LogP contribution in [0.5, 0.6) is 0 Å². The van der Waals surface area contributed by atoms with Gasteiger partial charge >= 0.3 is 5.97 Å². The number of benzene rings is 1. The predicted molar refractivity (Wildman–Crippen MR) is 74.9 cm³/mol. The summed E-state index contributed by atoms with van der Waals surface area (Å²) in [5.41, 5.74) is 1.14. The fourth-order valence-electron chi connectivity index (χ4n) is 2.36. The lowest BCUT2D eigenvalue weighted by Crippen LogP contribution is -2.27. The summed E-state index contributed by atoms with van der Waals surface area (Å²) in [6.45, 7) is 3.93. The van der Waals surface area contributed by atoms with E-state index in [9.17, 15) is 19.7 Å². The van der Waals surface area contributed by atoms with E-state index in [1.165, 1.54) is 17.0 Å². The second-order valence-electron chi connectivity index (χ2n) is 4.89. The van der Waals surface area contributed by atoms with Gasteiger partial charge in [0, 0.05) is 25.1 Å². The Morgan fingerprint density at radius 3 is 2.86 bits per heavy atom. The lowest BCUT2D eigenvalue weighted by atomic mass is 10.1. The molecule has 112 valence electrons. The fourth-order valence-corrected chi connectivity index (χ4v) is 2.36. The molecule has 1 amide bonds. The molecule has 2 rings (SSSR count). The van der Waals surface area contributed by atoms with Crippen LogP contribution in [0.2, 0.25) is 0 Å². The highest BCUT2D eigenvalue weighted by Gasteiger charge is 2.37. The summed E-state index contributed by atoms with van der Waals surface area (Å²) in [4.78, 5) is 35.6. The van der Waals surface area contributed by atoms with E-state index in [0.29, 0.717) is 5.69 Å². The first-order valence-electron chi connectivity index (χ1n) is 6.66. The van der Waals surface area contributed by atoms with Crippen LogP contribution >= 0.6 is 0 Å². The minimum atomic E-state index is -0.517. The summed E-state index contributed by atoms with van der Waals surface area (Å²) in [5.74, 6) is -1.15. The number of esters is 1. The van der Waals surface area contributed by atoms with E-state index in [1.807, 2.05) is 0 Å². The van der Waals surface area contributed by atoms with Gasteiger partial charge < -0.3 is 9.64 Å². The Bertz CT molecular complexity index is 599. The molecule has 7 nitrogen and oxygen atoms in total. The number of carbonyl (C=O) groups excluding carboxylic acids is 2. The van der Waals surface area contributed by atoms with Crippen LogP contribution in [-0.2, 0) is 14.3 Å². The SMILES string of the molecule is CCOC(=O)[C@H]1CC(=O)N(c2cc([N+](=O)[O-])ccc2C)C1. The van der Waals surface area contributed by atoms with E-state index in [1.54, 1.807) is 19.9 Å². The van der Waals surface area contributed by atoms with E-state index in [0.717, 1.165) is 5.56 Å². The predicted octanol–water partition coefficient (Wildman–Crippen LogP) is 1.82. The minimum Gasteiger partial charge on any atom is -0.466 e. The van der Waals surface area contributed by atoms with Crippen LogP contribution in [0.15, 0.2) is 18.2 Å². The van der Waals surface area contributed by atoms with Gasteiger partial charge in [-0.05, 0) is 19.4 Å². The first-order chi connectivity index (χ1) is 9.93. The summed E-state index contributed by atoms with van der Waals surface area (Å²) < 4.78 is 4.92. The molecule has 0 bridgehead atoms. The third-order valence-corrected chi connectivity index (χ3v) is 3.44. The van der Waals surface area contributed by atoms with Gasteiger partial charge in [0.25, 0.3) is 5.69 Å². The number of nitro benzene ring substituents is 1. The molecule has 1 atom stereocenters. The summed E-state index contributed by atoms with van der Waals surface area (Å²) >= 11 is 0. The first-order valence-corrected chi connectivity index (χ1v) is 6.66. The Kier molecular flexibility index (Phi) is 4.21. The molecule has 0 saturated carbocycles. The highest BCUT2D eigenvalue weighted by molar-refractivity contribution is 6.00. The number of nitro groups is 1. The molecular weight excluding hydrogens is 276 g/mol. The van der Waals surface area contributed by atoms with Gasteiger partial charge in [-0.25, -0.2) is 0 Å². The zero-order chi connectivity index (χ0) is 15.6. The van der Waals surface area contributed by atoms with Crippen LogP contribution in [-0.4, -0.2) is 30.0 Å². The molecule has 0 radical (unpaired) electrons. The van der Waals surface area contributed by atoms with Crippen molar-refractivity contribution < 1.29 is 19.2 Å². The van der Waals surface area contributed by atoms with Gasteiger partial charge in [-0.3, -0.25) is 19.7 Å². The maximum absolute atomic E-state index is 12.1. The van der Waals surface area contributed by atoms with Crippen molar-refractivity contribution in [1.29, 1.82) is 0 Å². The van der Waals surface area contributed by atoms with Crippen molar-refractivity contribution in [2.75, 3.05) is 18.1 Å². The Hall–Kier alpha value is -2.44. The van der Waals surface area contributed by atoms with Crippen molar-refractivity contribution in [3.63, 3.8) is 0 Å². The maximum Gasteiger partial charge on any atom is 0.311 e. The number of hydrogen-bond donors (Lipinski definition) is 0. The van der Waals surface area contributed by atoms with Crippen molar-refractivity contribution in [3.05, 3.63) is 33.9 Å². The van der Waals surface area contributed by atoms with Crippen LogP contribution in [0.4, 0.5) is 11.4 Å². The van der Waals surface area contributed by atoms with Gasteiger partial charge in [0.1, 0.15) is 0 Å². The van der Waals surface area contributed by atoms with E-state index in [2.05, 4.69) is 0 Å². The average molecular weight is 292 g/mol. The van der Waals surface area contributed by atoms with E-state index < -0.39 is 16.8 Å². The van der Waals surface area contributed by atoms with Crippen molar-refractivity contribution in [2.45, 2.75) is 20.3 Å². The molecule has 0 unspecified atom stereocenters. The van der Waals surface area contributed by atoms with Gasteiger partial charge in [-0.1, -0.05) is 6.07 Å². The number of non-ortho nitro benzene ring substituents is 1. The molecule has 0 aromatic heterocycles. The normalized spacial score (nSPS) is 17.9. The third-order valence-electron chi connectivity index (χ3n) is 3.44. The van der Waals surface area contributed by atoms with Crippen molar-refractivity contribution in [1.82, 2.24) is 0 Å².